The summed E-state index contributed by atoms with van der Waals surface area (Å²) in [5, 5.41) is 20.5. The molecule has 0 bridgehead atoms. The summed E-state index contributed by atoms with van der Waals surface area (Å²) < 4.78 is 21.4. The van der Waals surface area contributed by atoms with E-state index >= 15 is 0 Å². The maximum absolute atomic E-state index is 12.0. The van der Waals surface area contributed by atoms with Gasteiger partial charge in [-0.2, -0.15) is 0 Å². The van der Waals surface area contributed by atoms with Crippen LogP contribution >= 0.6 is 0 Å². The molecule has 0 radical (unpaired) electrons. The van der Waals surface area contributed by atoms with Gasteiger partial charge in [-0.25, -0.2) is 0 Å². The third-order valence-electron chi connectivity index (χ3n) is 5.24. The van der Waals surface area contributed by atoms with Crippen LogP contribution in [0.5, 0.6) is 23.0 Å². The largest absolute Gasteiger partial charge is 0.493 e. The zero-order valence-electron chi connectivity index (χ0n) is 16.3. The number of rotatable bonds is 6. The van der Waals surface area contributed by atoms with Gasteiger partial charge in [0.2, 0.25) is 0 Å². The van der Waals surface area contributed by atoms with Crippen LogP contribution in [0.4, 0.5) is 0 Å². The summed E-state index contributed by atoms with van der Waals surface area (Å²) in [7, 11) is 6.12. The van der Waals surface area contributed by atoms with Crippen LogP contribution in [0.15, 0.2) is 30.3 Å². The fourth-order valence-corrected chi connectivity index (χ4v) is 3.91. The van der Waals surface area contributed by atoms with Gasteiger partial charge in [-0.05, 0) is 47.4 Å². The number of hydrogen-bond donors (Lipinski definition) is 2. The molecule has 1 aliphatic carbocycles. The lowest BCUT2D eigenvalue weighted by molar-refractivity contribution is -0.146. The van der Waals surface area contributed by atoms with Gasteiger partial charge in [-0.1, -0.05) is 6.07 Å². The standard InChI is InChI=1S/C21H24O7/c1-25-15-6-5-11(8-16(15)26-2)19-13-10-18(28-4)17(27-3)9-12(13)7-14(22)20(19)21(23)24/h5-6,8-10,14,19-20,22H,7H2,1-4H3,(H,23,24)/t14-,19-,20-/m1/s1. The summed E-state index contributed by atoms with van der Waals surface area (Å²) in [5.74, 6) is -0.582. The number of aliphatic hydroxyl groups is 1. The molecule has 0 fully saturated rings. The van der Waals surface area contributed by atoms with Gasteiger partial charge in [0.05, 0.1) is 40.5 Å². The molecule has 0 heterocycles. The molecule has 150 valence electrons. The predicted molar refractivity (Wildman–Crippen MR) is 102 cm³/mol. The molecular formula is C21H24O7. The molecule has 7 heteroatoms. The Hall–Kier alpha value is -2.93. The summed E-state index contributed by atoms with van der Waals surface area (Å²) in [5.41, 5.74) is 2.31. The van der Waals surface area contributed by atoms with E-state index in [4.69, 9.17) is 18.9 Å². The van der Waals surface area contributed by atoms with Gasteiger partial charge in [-0.15, -0.1) is 0 Å². The second kappa shape index (κ2) is 7.98. The number of methoxy groups -OCH3 is 4. The molecule has 3 rings (SSSR count). The average molecular weight is 388 g/mol. The predicted octanol–water partition coefficient (Wildman–Crippen LogP) is 2.47. The van der Waals surface area contributed by atoms with Crippen molar-refractivity contribution in [3.63, 3.8) is 0 Å². The Kier molecular flexibility index (Phi) is 5.65. The van der Waals surface area contributed by atoms with Crippen molar-refractivity contribution in [3.05, 3.63) is 47.0 Å². The van der Waals surface area contributed by atoms with Gasteiger partial charge in [0.1, 0.15) is 0 Å². The Labute approximate surface area is 163 Å². The van der Waals surface area contributed by atoms with Crippen molar-refractivity contribution >= 4 is 5.97 Å². The highest BCUT2D eigenvalue weighted by Crippen LogP contribution is 2.46. The fraction of sp³-hybridized carbons (Fsp3) is 0.381. The number of hydrogen-bond acceptors (Lipinski definition) is 6. The maximum atomic E-state index is 12.0. The quantitative estimate of drug-likeness (QED) is 0.785. The molecule has 0 amide bonds. The van der Waals surface area contributed by atoms with Crippen LogP contribution in [0.3, 0.4) is 0 Å². The molecule has 2 N–H and O–H groups in total. The number of carboxylic acid groups (broad SMARTS) is 1. The van der Waals surface area contributed by atoms with E-state index in [2.05, 4.69) is 0 Å². The van der Waals surface area contributed by atoms with Gasteiger partial charge >= 0.3 is 5.97 Å². The monoisotopic (exact) mass is 388 g/mol. The topological polar surface area (TPSA) is 94.5 Å². The molecule has 0 unspecified atom stereocenters. The van der Waals surface area contributed by atoms with Crippen LogP contribution < -0.4 is 18.9 Å². The van der Waals surface area contributed by atoms with E-state index in [1.165, 1.54) is 28.4 Å². The number of aliphatic hydroxyl groups excluding tert-OH is 1. The molecule has 1 aliphatic rings. The van der Waals surface area contributed by atoms with E-state index in [0.717, 1.165) is 11.1 Å². The Morgan fingerprint density at radius 1 is 0.893 bits per heavy atom. The van der Waals surface area contributed by atoms with Crippen LogP contribution in [0, 0.1) is 5.92 Å². The van der Waals surface area contributed by atoms with Crippen LogP contribution in [-0.4, -0.2) is 50.7 Å². The van der Waals surface area contributed by atoms with Gasteiger partial charge in [-0.3, -0.25) is 4.79 Å². The molecule has 0 aromatic heterocycles. The molecule has 3 atom stereocenters. The van der Waals surface area contributed by atoms with E-state index in [-0.39, 0.29) is 6.42 Å². The van der Waals surface area contributed by atoms with Crippen molar-refractivity contribution in [3.8, 4) is 23.0 Å². The second-order valence-electron chi connectivity index (χ2n) is 6.63. The first-order valence-electron chi connectivity index (χ1n) is 8.82. The Balaban J connectivity index is 2.23. The van der Waals surface area contributed by atoms with Crippen LogP contribution in [0.25, 0.3) is 0 Å². The van der Waals surface area contributed by atoms with E-state index in [1.807, 2.05) is 0 Å². The van der Waals surface area contributed by atoms with Crippen LogP contribution in [-0.2, 0) is 11.2 Å². The Morgan fingerprint density at radius 3 is 2.04 bits per heavy atom. The van der Waals surface area contributed by atoms with Crippen LogP contribution in [0.1, 0.15) is 22.6 Å². The van der Waals surface area contributed by atoms with E-state index in [1.54, 1.807) is 30.3 Å². The van der Waals surface area contributed by atoms with Crippen molar-refractivity contribution in [1.29, 1.82) is 0 Å². The number of benzene rings is 2. The number of carbonyl (C=O) groups is 1. The molecular weight excluding hydrogens is 364 g/mol. The zero-order chi connectivity index (χ0) is 20.4. The lowest BCUT2D eigenvalue weighted by Gasteiger charge is -2.35. The summed E-state index contributed by atoms with van der Waals surface area (Å²) in [6.45, 7) is 0. The highest BCUT2D eigenvalue weighted by molar-refractivity contribution is 5.75. The third kappa shape index (κ3) is 3.33. The third-order valence-corrected chi connectivity index (χ3v) is 5.24. The Morgan fingerprint density at radius 2 is 1.46 bits per heavy atom. The Bertz CT molecular complexity index is 877. The first-order valence-corrected chi connectivity index (χ1v) is 8.82. The number of fused-ring (bicyclic) bond motifs is 1. The normalized spacial score (nSPS) is 20.8. The minimum atomic E-state index is -1.06. The fourth-order valence-electron chi connectivity index (χ4n) is 3.91. The minimum absolute atomic E-state index is 0.219. The summed E-state index contributed by atoms with van der Waals surface area (Å²) in [4.78, 5) is 12.0. The highest BCUT2D eigenvalue weighted by atomic mass is 16.5. The molecule has 28 heavy (non-hydrogen) atoms. The zero-order valence-corrected chi connectivity index (χ0v) is 16.3. The molecule has 2 aromatic carbocycles. The van der Waals surface area contributed by atoms with Gasteiger partial charge in [0, 0.05) is 5.92 Å². The van der Waals surface area contributed by atoms with E-state index < -0.39 is 23.9 Å². The van der Waals surface area contributed by atoms with Gasteiger partial charge in [0.15, 0.2) is 23.0 Å². The number of ether oxygens (including phenoxy) is 4. The molecule has 2 aromatic rings. The SMILES string of the molecule is COc1ccc([C@@H]2c3cc(OC)c(OC)cc3C[C@@H](O)[C@H]2C(=O)O)cc1OC. The molecule has 0 aliphatic heterocycles. The van der Waals surface area contributed by atoms with Crippen molar-refractivity contribution in [2.45, 2.75) is 18.4 Å². The van der Waals surface area contributed by atoms with E-state index in [9.17, 15) is 15.0 Å². The summed E-state index contributed by atoms with van der Waals surface area (Å²) in [6.07, 6.45) is -0.822. The summed E-state index contributed by atoms with van der Waals surface area (Å²) in [6, 6.07) is 8.85. The molecule has 7 nitrogen and oxygen atoms in total. The van der Waals surface area contributed by atoms with Crippen molar-refractivity contribution in [1.82, 2.24) is 0 Å². The minimum Gasteiger partial charge on any atom is -0.493 e. The molecule has 0 spiro atoms. The van der Waals surface area contributed by atoms with Crippen molar-refractivity contribution in [2.24, 2.45) is 5.92 Å². The van der Waals surface area contributed by atoms with Crippen molar-refractivity contribution < 1.29 is 34.0 Å². The first-order chi connectivity index (χ1) is 13.4. The van der Waals surface area contributed by atoms with Gasteiger partial charge < -0.3 is 29.2 Å². The van der Waals surface area contributed by atoms with Gasteiger partial charge in [0.25, 0.3) is 0 Å². The first kappa shape index (κ1) is 19.8. The molecule has 0 saturated heterocycles. The number of carboxylic acids is 1. The molecule has 0 saturated carbocycles. The summed E-state index contributed by atoms with van der Waals surface area (Å²) >= 11 is 0. The lowest BCUT2D eigenvalue weighted by Crippen LogP contribution is -2.39. The lowest BCUT2D eigenvalue weighted by atomic mass is 9.70. The van der Waals surface area contributed by atoms with Crippen LogP contribution in [0.2, 0.25) is 0 Å². The smallest absolute Gasteiger partial charge is 0.310 e. The second-order valence-corrected chi connectivity index (χ2v) is 6.63. The number of aliphatic carboxylic acids is 1. The maximum Gasteiger partial charge on any atom is 0.310 e. The highest BCUT2D eigenvalue weighted by Gasteiger charge is 2.42. The van der Waals surface area contributed by atoms with E-state index in [0.29, 0.717) is 28.6 Å². The van der Waals surface area contributed by atoms with Crippen molar-refractivity contribution in [2.75, 3.05) is 28.4 Å². The average Bonchev–Trinajstić information content (AvgIpc) is 2.70.